The van der Waals surface area contributed by atoms with Crippen LogP contribution in [-0.4, -0.2) is 42.7 Å². The molecular weight excluding hydrogens is 460 g/mol. The van der Waals surface area contributed by atoms with Gasteiger partial charge in [-0.25, -0.2) is 8.78 Å². The van der Waals surface area contributed by atoms with Crippen molar-refractivity contribution < 1.29 is 27.8 Å². The van der Waals surface area contributed by atoms with Gasteiger partial charge >= 0.3 is 5.97 Å². The van der Waals surface area contributed by atoms with E-state index in [1.165, 1.54) is 6.07 Å². The van der Waals surface area contributed by atoms with E-state index in [2.05, 4.69) is 20.8 Å². The normalized spacial score (nSPS) is 23.0. The van der Waals surface area contributed by atoms with Crippen molar-refractivity contribution in [3.05, 3.63) is 59.2 Å². The molecule has 2 aliphatic rings. The minimum absolute atomic E-state index is 0.165. The van der Waals surface area contributed by atoms with E-state index in [1.807, 2.05) is 18.2 Å². The summed E-state index contributed by atoms with van der Waals surface area (Å²) in [6.07, 6.45) is 0. The number of carbonyl (C=O) groups excluding carboxylic acids is 1. The summed E-state index contributed by atoms with van der Waals surface area (Å²) in [6, 6.07) is 9.02. The van der Waals surface area contributed by atoms with Gasteiger partial charge in [0.25, 0.3) is 0 Å². The van der Waals surface area contributed by atoms with Crippen molar-refractivity contribution in [3.63, 3.8) is 0 Å². The smallest absolute Gasteiger partial charge is 0.311 e. The maximum absolute atomic E-state index is 14.0. The number of nitrogens with zero attached hydrogens (tertiary/aromatic N) is 1. The van der Waals surface area contributed by atoms with E-state index >= 15 is 0 Å². The molecule has 3 atom stereocenters. The highest BCUT2D eigenvalue weighted by atomic mass is 79.9. The fraction of sp³-hybridized carbons (Fsp3) is 0.409. The molecule has 0 saturated carbocycles. The van der Waals surface area contributed by atoms with Crippen LogP contribution in [0.4, 0.5) is 8.78 Å². The number of esters is 1. The van der Waals surface area contributed by atoms with Crippen LogP contribution in [0.15, 0.2) is 36.4 Å². The maximum Gasteiger partial charge on any atom is 0.311 e. The molecule has 0 aromatic heterocycles. The zero-order valence-electron chi connectivity index (χ0n) is 16.4. The van der Waals surface area contributed by atoms with E-state index in [0.29, 0.717) is 35.5 Å². The van der Waals surface area contributed by atoms with Gasteiger partial charge in [-0.05, 0) is 42.3 Å². The largest absolute Gasteiger partial charge is 0.466 e. The molecule has 2 aromatic rings. The number of alkyl halides is 1. The predicted octanol–water partition coefficient (Wildman–Crippen LogP) is 4.41. The molecule has 1 fully saturated rings. The molecule has 4 rings (SSSR count). The lowest BCUT2D eigenvalue weighted by molar-refractivity contribution is -0.149. The molecular formula is C22H22BrF2NO4. The third-order valence-electron chi connectivity index (χ3n) is 5.64. The van der Waals surface area contributed by atoms with Crippen molar-refractivity contribution in [3.8, 4) is 11.5 Å². The van der Waals surface area contributed by atoms with Gasteiger partial charge in [0, 0.05) is 30.4 Å². The Morgan fingerprint density at radius 1 is 1.13 bits per heavy atom. The highest BCUT2D eigenvalue weighted by Crippen LogP contribution is 2.48. The van der Waals surface area contributed by atoms with Crippen LogP contribution < -0.4 is 9.47 Å². The fourth-order valence-corrected chi connectivity index (χ4v) is 4.82. The molecule has 1 saturated heterocycles. The topological polar surface area (TPSA) is 48.0 Å². The number of halogens is 3. The summed E-state index contributed by atoms with van der Waals surface area (Å²) < 4.78 is 43.9. The van der Waals surface area contributed by atoms with Gasteiger partial charge in [-0.15, -0.1) is 0 Å². The predicted molar refractivity (Wildman–Crippen MR) is 110 cm³/mol. The maximum atomic E-state index is 14.0. The van der Waals surface area contributed by atoms with E-state index < -0.39 is 23.6 Å². The number of hydrogen-bond donors (Lipinski definition) is 0. The zero-order valence-corrected chi connectivity index (χ0v) is 18.0. The molecule has 3 unspecified atom stereocenters. The summed E-state index contributed by atoms with van der Waals surface area (Å²) >= 11 is 3.46. The molecule has 2 aliphatic heterocycles. The van der Waals surface area contributed by atoms with Crippen LogP contribution in [-0.2, 0) is 9.53 Å². The summed E-state index contributed by atoms with van der Waals surface area (Å²) in [7, 11) is 0. The van der Waals surface area contributed by atoms with E-state index in [9.17, 15) is 13.6 Å². The second-order valence-electron chi connectivity index (χ2n) is 7.30. The van der Waals surface area contributed by atoms with E-state index in [4.69, 9.17) is 14.2 Å². The minimum atomic E-state index is -0.930. The minimum Gasteiger partial charge on any atom is -0.466 e. The number of carbonyl (C=O) groups is 1. The summed E-state index contributed by atoms with van der Waals surface area (Å²) in [4.78, 5) is 15.2. The zero-order chi connectivity index (χ0) is 21.3. The van der Waals surface area contributed by atoms with Crippen LogP contribution >= 0.6 is 15.9 Å². The standard InChI is InChI=1S/C22H22BrF2NO4/c1-2-28-22(27)20-15(13-4-6-18-19(10-13)30-12-29-18)11-26(8-7-23)21(20)14-3-5-16(24)17(25)9-14/h3-6,9-10,15,20-21H,2,7-8,11-12H2,1H3. The molecule has 0 radical (unpaired) electrons. The highest BCUT2D eigenvalue weighted by molar-refractivity contribution is 9.09. The molecule has 5 nitrogen and oxygen atoms in total. The quantitative estimate of drug-likeness (QED) is 0.451. The summed E-state index contributed by atoms with van der Waals surface area (Å²) in [6.45, 7) is 3.37. The molecule has 0 bridgehead atoms. The van der Waals surface area contributed by atoms with Crippen molar-refractivity contribution in [2.75, 3.05) is 31.8 Å². The SMILES string of the molecule is CCOC(=O)C1C(c2ccc3c(c2)OCO3)CN(CCBr)C1c1ccc(F)c(F)c1. The Labute approximate surface area is 182 Å². The van der Waals surface area contributed by atoms with Crippen molar-refractivity contribution >= 4 is 21.9 Å². The van der Waals surface area contributed by atoms with Crippen LogP contribution in [0.3, 0.4) is 0 Å². The number of benzene rings is 2. The summed E-state index contributed by atoms with van der Waals surface area (Å²) in [5.74, 6) is -1.67. The average Bonchev–Trinajstić information content (AvgIpc) is 3.34. The van der Waals surface area contributed by atoms with E-state index in [1.54, 1.807) is 13.0 Å². The number of likely N-dealkylation sites (tertiary alicyclic amines) is 1. The lowest BCUT2D eigenvalue weighted by Crippen LogP contribution is -2.31. The lowest BCUT2D eigenvalue weighted by Gasteiger charge is -2.27. The first-order valence-electron chi connectivity index (χ1n) is 9.84. The van der Waals surface area contributed by atoms with Crippen LogP contribution in [0.2, 0.25) is 0 Å². The van der Waals surface area contributed by atoms with E-state index in [0.717, 1.165) is 11.6 Å². The van der Waals surface area contributed by atoms with Gasteiger partial charge in [0.1, 0.15) is 0 Å². The van der Waals surface area contributed by atoms with Gasteiger partial charge in [0.05, 0.1) is 12.5 Å². The molecule has 2 heterocycles. The average molecular weight is 482 g/mol. The third-order valence-corrected chi connectivity index (χ3v) is 5.99. The Kier molecular flexibility index (Phi) is 6.24. The van der Waals surface area contributed by atoms with Gasteiger partial charge < -0.3 is 14.2 Å². The lowest BCUT2D eigenvalue weighted by atomic mass is 9.82. The second-order valence-corrected chi connectivity index (χ2v) is 8.09. The monoisotopic (exact) mass is 481 g/mol. The van der Waals surface area contributed by atoms with Gasteiger partial charge in [-0.1, -0.05) is 28.1 Å². The second kappa shape index (κ2) is 8.89. The van der Waals surface area contributed by atoms with E-state index in [-0.39, 0.29) is 25.3 Å². The van der Waals surface area contributed by atoms with Gasteiger partial charge in [0.2, 0.25) is 6.79 Å². The number of fused-ring (bicyclic) bond motifs is 1. The van der Waals surface area contributed by atoms with Crippen molar-refractivity contribution in [1.29, 1.82) is 0 Å². The van der Waals surface area contributed by atoms with Gasteiger partial charge in [-0.2, -0.15) is 0 Å². The Balaban J connectivity index is 1.77. The Hall–Kier alpha value is -2.19. The van der Waals surface area contributed by atoms with Crippen molar-refractivity contribution in [2.45, 2.75) is 18.9 Å². The first kappa shape index (κ1) is 21.1. The van der Waals surface area contributed by atoms with Gasteiger partial charge in [0.15, 0.2) is 23.1 Å². The number of ether oxygens (including phenoxy) is 3. The number of hydrogen-bond acceptors (Lipinski definition) is 5. The van der Waals surface area contributed by atoms with Crippen LogP contribution in [0.25, 0.3) is 0 Å². The molecule has 8 heteroatoms. The first-order valence-corrected chi connectivity index (χ1v) is 11.0. The Morgan fingerprint density at radius 3 is 2.63 bits per heavy atom. The molecule has 0 N–H and O–H groups in total. The molecule has 30 heavy (non-hydrogen) atoms. The number of rotatable bonds is 6. The molecule has 2 aromatic carbocycles. The van der Waals surface area contributed by atoms with Crippen LogP contribution in [0.1, 0.15) is 30.0 Å². The molecule has 0 amide bonds. The summed E-state index contributed by atoms with van der Waals surface area (Å²) in [5.41, 5.74) is 1.47. The van der Waals surface area contributed by atoms with Crippen molar-refractivity contribution in [1.82, 2.24) is 4.90 Å². The highest BCUT2D eigenvalue weighted by Gasteiger charge is 2.48. The van der Waals surface area contributed by atoms with Crippen LogP contribution in [0.5, 0.6) is 11.5 Å². The Morgan fingerprint density at radius 2 is 1.90 bits per heavy atom. The molecule has 0 aliphatic carbocycles. The van der Waals surface area contributed by atoms with Crippen LogP contribution in [0, 0.1) is 17.6 Å². The van der Waals surface area contributed by atoms with Crippen molar-refractivity contribution in [2.24, 2.45) is 5.92 Å². The van der Waals surface area contributed by atoms with Gasteiger partial charge in [-0.3, -0.25) is 9.69 Å². The summed E-state index contributed by atoms with van der Waals surface area (Å²) in [5, 5.41) is 0.677. The molecule has 0 spiro atoms. The third kappa shape index (κ3) is 3.90. The molecule has 160 valence electrons. The fourth-order valence-electron chi connectivity index (χ4n) is 4.37. The Bertz CT molecular complexity index is 941. The first-order chi connectivity index (χ1) is 14.5.